The Morgan fingerprint density at radius 3 is 1.03 bits per heavy atom. The van der Waals surface area contributed by atoms with Crippen LogP contribution in [0.3, 0.4) is 0 Å². The maximum absolute atomic E-state index is 13.9. The van der Waals surface area contributed by atoms with Gasteiger partial charge in [0.1, 0.15) is 31.9 Å². The number of hydrogen-bond donors (Lipinski definition) is 3. The highest BCUT2D eigenvalue weighted by Gasteiger charge is 2.34. The fourth-order valence-corrected chi connectivity index (χ4v) is 9.30. The van der Waals surface area contributed by atoms with Crippen LogP contribution in [0.15, 0.2) is 146 Å². The van der Waals surface area contributed by atoms with Crippen molar-refractivity contribution in [3.05, 3.63) is 179 Å². The molecular weight excluding hydrogens is 769 g/mol. The summed E-state index contributed by atoms with van der Waals surface area (Å²) in [5.74, 6) is -2.51. The minimum Gasteiger partial charge on any atom is -0.480 e. The van der Waals surface area contributed by atoms with E-state index in [0.717, 1.165) is 66.8 Å². The second-order valence-corrected chi connectivity index (χ2v) is 15.7. The van der Waals surface area contributed by atoms with Gasteiger partial charge in [0.05, 0.1) is 0 Å². The van der Waals surface area contributed by atoms with Crippen molar-refractivity contribution in [1.82, 2.24) is 10.6 Å². The summed E-state index contributed by atoms with van der Waals surface area (Å²) < 4.78 is 17.4. The molecule has 0 aromatic heterocycles. The number of alkyl carbamates (subject to hydrolysis) is 2. The van der Waals surface area contributed by atoms with Gasteiger partial charge in [-0.15, -0.1) is 0 Å². The summed E-state index contributed by atoms with van der Waals surface area (Å²) in [7, 11) is 0. The van der Waals surface area contributed by atoms with Crippen molar-refractivity contribution in [1.29, 1.82) is 0 Å². The highest BCUT2D eigenvalue weighted by Crippen LogP contribution is 2.47. The predicted octanol–water partition coefficient (Wildman–Crippen LogP) is 9.41. The lowest BCUT2D eigenvalue weighted by Gasteiger charge is -2.22. The average Bonchev–Trinajstić information content (AvgIpc) is 3.91. The van der Waals surface area contributed by atoms with Crippen molar-refractivity contribution >= 4 is 24.1 Å². The van der Waals surface area contributed by atoms with Gasteiger partial charge in [0.25, 0.3) is 0 Å². The van der Waals surface area contributed by atoms with E-state index >= 15 is 0 Å². The zero-order valence-electron chi connectivity index (χ0n) is 33.3. The van der Waals surface area contributed by atoms with Gasteiger partial charge in [-0.05, 0) is 86.0 Å². The van der Waals surface area contributed by atoms with Gasteiger partial charge in [0, 0.05) is 17.8 Å². The van der Waals surface area contributed by atoms with Crippen LogP contribution in [0.1, 0.15) is 70.4 Å². The molecule has 0 radical (unpaired) electrons. The summed E-state index contributed by atoms with van der Waals surface area (Å²) in [5.41, 5.74) is 12.7. The number of aliphatic carboxylic acids is 1. The maximum atomic E-state index is 13.9. The van der Waals surface area contributed by atoms with Crippen molar-refractivity contribution in [2.45, 2.75) is 49.1 Å². The number of carbonyl (C=O) groups is 4. The topological polar surface area (TPSA) is 140 Å². The van der Waals surface area contributed by atoms with E-state index in [4.69, 9.17) is 14.2 Å². The summed E-state index contributed by atoms with van der Waals surface area (Å²) in [6.45, 7) is 0.110. The lowest BCUT2D eigenvalue weighted by Crippen LogP contribution is -2.44. The first-order valence-electron chi connectivity index (χ1n) is 20.7. The number of rotatable bonds is 14. The van der Waals surface area contributed by atoms with E-state index in [1.165, 1.54) is 0 Å². The molecule has 10 heteroatoms. The number of fused-ring (bicyclic) bond motifs is 9. The van der Waals surface area contributed by atoms with Crippen molar-refractivity contribution in [3.63, 3.8) is 0 Å². The highest BCUT2D eigenvalue weighted by atomic mass is 16.6. The fourth-order valence-electron chi connectivity index (χ4n) is 9.30. The minimum atomic E-state index is -1.31. The number of benzene rings is 6. The van der Waals surface area contributed by atoms with Crippen molar-refractivity contribution < 1.29 is 38.5 Å². The summed E-state index contributed by atoms with van der Waals surface area (Å²) >= 11 is 0. The molecule has 306 valence electrons. The molecular formula is C51H44N2O8. The zero-order chi connectivity index (χ0) is 41.9. The first kappa shape index (κ1) is 39.3. The number of carboxylic acid groups (broad SMARTS) is 1. The molecule has 0 aliphatic heterocycles. The molecule has 0 saturated carbocycles. The Morgan fingerprint density at radius 2 is 0.705 bits per heavy atom. The van der Waals surface area contributed by atoms with Crippen LogP contribution >= 0.6 is 0 Å². The van der Waals surface area contributed by atoms with Gasteiger partial charge in [-0.2, -0.15) is 0 Å². The third-order valence-electron chi connectivity index (χ3n) is 12.2. The van der Waals surface area contributed by atoms with Gasteiger partial charge in [-0.25, -0.2) is 19.2 Å². The molecule has 2 amide bonds. The van der Waals surface area contributed by atoms with Crippen LogP contribution in [0.2, 0.25) is 0 Å². The number of nitrogens with one attached hydrogen (secondary N) is 2. The smallest absolute Gasteiger partial charge is 0.407 e. The summed E-state index contributed by atoms with van der Waals surface area (Å²) in [6.07, 6.45) is -1.54. The van der Waals surface area contributed by atoms with Crippen LogP contribution < -0.4 is 10.6 Å². The molecule has 0 heterocycles. The number of hydrogen-bond acceptors (Lipinski definition) is 7. The molecule has 0 unspecified atom stereocenters. The summed E-state index contributed by atoms with van der Waals surface area (Å²) in [5, 5.41) is 15.3. The van der Waals surface area contributed by atoms with Crippen LogP contribution in [0, 0.1) is 0 Å². The summed E-state index contributed by atoms with van der Waals surface area (Å²) in [4.78, 5) is 52.9. The Balaban J connectivity index is 0.855. The number of esters is 1. The number of carbonyl (C=O) groups excluding carboxylic acids is 3. The predicted molar refractivity (Wildman–Crippen MR) is 230 cm³/mol. The molecule has 3 aliphatic rings. The van der Waals surface area contributed by atoms with Crippen LogP contribution in [-0.2, 0) is 23.8 Å². The van der Waals surface area contributed by atoms with Gasteiger partial charge >= 0.3 is 24.1 Å². The van der Waals surface area contributed by atoms with Gasteiger partial charge in [0.2, 0.25) is 0 Å². The Hall–Kier alpha value is -7.20. The van der Waals surface area contributed by atoms with Crippen LogP contribution in [0.4, 0.5) is 9.59 Å². The molecule has 0 bridgehead atoms. The molecule has 9 rings (SSSR count). The second-order valence-electron chi connectivity index (χ2n) is 15.7. The van der Waals surface area contributed by atoms with Gasteiger partial charge in [-0.1, -0.05) is 146 Å². The lowest BCUT2D eigenvalue weighted by molar-refractivity contribution is -0.146. The van der Waals surface area contributed by atoms with Crippen molar-refractivity contribution in [3.8, 4) is 33.4 Å². The normalized spacial score (nSPS) is 14.3. The van der Waals surface area contributed by atoms with E-state index in [0.29, 0.717) is 0 Å². The van der Waals surface area contributed by atoms with E-state index in [-0.39, 0.29) is 56.8 Å². The monoisotopic (exact) mass is 812 g/mol. The molecule has 0 fully saturated rings. The van der Waals surface area contributed by atoms with Gasteiger partial charge in [0.15, 0.2) is 0 Å². The Kier molecular flexibility index (Phi) is 11.1. The Morgan fingerprint density at radius 1 is 0.426 bits per heavy atom. The Labute approximate surface area is 353 Å². The minimum absolute atomic E-state index is 0.0248. The number of amides is 2. The van der Waals surface area contributed by atoms with E-state index in [1.807, 2.05) is 146 Å². The average molecular weight is 813 g/mol. The van der Waals surface area contributed by atoms with Gasteiger partial charge in [-0.3, -0.25) is 0 Å². The van der Waals surface area contributed by atoms with Crippen LogP contribution in [-0.4, -0.2) is 61.1 Å². The fraction of sp³-hybridized carbons (Fsp3) is 0.216. The van der Waals surface area contributed by atoms with E-state index in [1.54, 1.807) is 0 Å². The molecule has 0 spiro atoms. The van der Waals surface area contributed by atoms with Crippen molar-refractivity contribution in [2.75, 3.05) is 19.8 Å². The molecule has 0 saturated heterocycles. The molecule has 10 nitrogen and oxygen atoms in total. The maximum Gasteiger partial charge on any atom is 0.407 e. The second kappa shape index (κ2) is 17.2. The van der Waals surface area contributed by atoms with Crippen molar-refractivity contribution in [2.24, 2.45) is 0 Å². The van der Waals surface area contributed by atoms with Gasteiger partial charge < -0.3 is 30.0 Å². The number of carboxylic acids is 1. The van der Waals surface area contributed by atoms with E-state index in [9.17, 15) is 24.3 Å². The lowest BCUT2D eigenvalue weighted by atomic mass is 9.98. The molecule has 3 aliphatic carbocycles. The summed E-state index contributed by atoms with van der Waals surface area (Å²) in [6, 6.07) is 45.4. The molecule has 2 atom stereocenters. The molecule has 6 aromatic carbocycles. The SMILES string of the molecule is O=C(N[C@@H](CCC[C@@H](NC(=O)OCC1c2ccccc2-c2ccccc21)C(=O)O)C(=O)OCC1c2ccccc2-c2ccccc21)OCC1c2ccccc2-c2ccccc21. The zero-order valence-corrected chi connectivity index (χ0v) is 33.3. The largest absolute Gasteiger partial charge is 0.480 e. The molecule has 61 heavy (non-hydrogen) atoms. The third-order valence-corrected chi connectivity index (χ3v) is 12.2. The highest BCUT2D eigenvalue weighted by molar-refractivity contribution is 5.84. The third kappa shape index (κ3) is 7.84. The number of ether oxygens (including phenoxy) is 3. The Bertz CT molecular complexity index is 2500. The van der Waals surface area contributed by atoms with Crippen LogP contribution in [0.25, 0.3) is 33.4 Å². The standard InChI is InChI=1S/C51H44N2O8/c54-48(55)46(52-50(57)60-29-44-39-22-9-3-16-33(39)34-17-4-10-23-40(34)44)26-13-27-47(49(56)59-28-43-37-20-7-1-14-31(37)32-15-2-8-21-38(32)43)53-51(58)61-30-45-41-24-11-5-18-35(41)36-19-6-12-25-42(36)45/h1-12,14-25,43-47H,13,26-30H2,(H,52,57)(H,53,58)(H,54,55)/t46-,47+/m1/s1. The first-order valence-corrected chi connectivity index (χ1v) is 20.7. The van der Waals surface area contributed by atoms with E-state index < -0.39 is 36.2 Å². The van der Waals surface area contributed by atoms with E-state index in [2.05, 4.69) is 10.6 Å². The first-order chi connectivity index (χ1) is 29.9. The van der Waals surface area contributed by atoms with Crippen LogP contribution in [0.5, 0.6) is 0 Å². The quantitative estimate of drug-likeness (QED) is 0.0731. The molecule has 3 N–H and O–H groups in total. The molecule has 6 aromatic rings.